The molecular weight excluding hydrogens is 330 g/mol. The van der Waals surface area contributed by atoms with Crippen molar-refractivity contribution in [2.75, 3.05) is 6.54 Å². The third kappa shape index (κ3) is 2.55. The number of hydrogen-bond donors (Lipinski definition) is 2. The van der Waals surface area contributed by atoms with Crippen LogP contribution in [-0.4, -0.2) is 29.3 Å². The molecule has 5 nitrogen and oxygen atoms in total. The Labute approximate surface area is 152 Å². The van der Waals surface area contributed by atoms with E-state index in [0.717, 1.165) is 22.3 Å². The molecule has 1 saturated heterocycles. The highest BCUT2D eigenvalue weighted by Gasteiger charge is 2.50. The largest absolute Gasteiger partial charge is 0.506 e. The van der Waals surface area contributed by atoms with Gasteiger partial charge in [0.1, 0.15) is 5.60 Å². The molecule has 2 unspecified atom stereocenters. The molecule has 5 heteroatoms. The number of carbonyl (C=O) groups is 2. The third-order valence-corrected chi connectivity index (χ3v) is 5.79. The molecule has 2 atom stereocenters. The lowest BCUT2D eigenvalue weighted by Gasteiger charge is -2.43. The average molecular weight is 351 g/mol. The predicted octanol–water partition coefficient (Wildman–Crippen LogP) is 3.78. The highest BCUT2D eigenvalue weighted by Crippen LogP contribution is 2.53. The van der Waals surface area contributed by atoms with Gasteiger partial charge >= 0.3 is 6.16 Å². The molecule has 1 aliphatic carbocycles. The van der Waals surface area contributed by atoms with Crippen LogP contribution in [0.4, 0.5) is 4.79 Å². The van der Waals surface area contributed by atoms with Crippen molar-refractivity contribution >= 4 is 12.1 Å². The Bertz CT molecular complexity index is 822. The molecule has 0 aromatic heterocycles. The van der Waals surface area contributed by atoms with Gasteiger partial charge in [0, 0.05) is 18.9 Å². The number of carbonyl (C=O) groups excluding carboxylic acids is 1. The molecule has 2 aromatic rings. The maximum Gasteiger partial charge on any atom is 0.506 e. The molecule has 4 rings (SSSR count). The summed E-state index contributed by atoms with van der Waals surface area (Å²) in [4.78, 5) is 23.2. The Kier molecular flexibility index (Phi) is 3.94. The summed E-state index contributed by atoms with van der Waals surface area (Å²) < 4.78 is 5.58. The second kappa shape index (κ2) is 6.16. The van der Waals surface area contributed by atoms with Crippen molar-refractivity contribution in [2.24, 2.45) is 5.92 Å². The van der Waals surface area contributed by atoms with Crippen LogP contribution in [0.3, 0.4) is 0 Å². The summed E-state index contributed by atoms with van der Waals surface area (Å²) in [6.45, 7) is 2.29. The van der Waals surface area contributed by atoms with E-state index < -0.39 is 11.8 Å². The van der Waals surface area contributed by atoms with Gasteiger partial charge in [-0.3, -0.25) is 4.79 Å². The van der Waals surface area contributed by atoms with Gasteiger partial charge in [-0.15, -0.1) is 0 Å². The molecule has 0 bridgehead atoms. The number of rotatable bonds is 3. The van der Waals surface area contributed by atoms with Crippen LogP contribution in [0.15, 0.2) is 48.5 Å². The van der Waals surface area contributed by atoms with E-state index in [0.29, 0.717) is 19.4 Å². The average Bonchev–Trinajstić information content (AvgIpc) is 2.96. The highest BCUT2D eigenvalue weighted by atomic mass is 16.7. The fourth-order valence-corrected chi connectivity index (χ4v) is 4.56. The van der Waals surface area contributed by atoms with Crippen molar-refractivity contribution in [1.29, 1.82) is 0 Å². The Balaban J connectivity index is 1.86. The molecule has 0 spiro atoms. The number of nitrogens with one attached hydrogen (secondary N) is 1. The Morgan fingerprint density at radius 1 is 1.12 bits per heavy atom. The van der Waals surface area contributed by atoms with Crippen molar-refractivity contribution < 1.29 is 19.4 Å². The molecule has 1 amide bonds. The topological polar surface area (TPSA) is 75.6 Å². The van der Waals surface area contributed by atoms with E-state index in [2.05, 4.69) is 17.4 Å². The van der Waals surface area contributed by atoms with Gasteiger partial charge in [0.2, 0.25) is 5.91 Å². The minimum Gasteiger partial charge on any atom is -0.450 e. The zero-order chi connectivity index (χ0) is 18.3. The lowest BCUT2D eigenvalue weighted by Crippen LogP contribution is -2.51. The van der Waals surface area contributed by atoms with Gasteiger partial charge in [-0.25, -0.2) is 4.79 Å². The van der Waals surface area contributed by atoms with Crippen molar-refractivity contribution in [3.05, 3.63) is 59.7 Å². The zero-order valence-electron chi connectivity index (χ0n) is 14.6. The first kappa shape index (κ1) is 16.6. The summed E-state index contributed by atoms with van der Waals surface area (Å²) in [5, 5.41) is 12.3. The van der Waals surface area contributed by atoms with E-state index in [1.54, 1.807) is 0 Å². The first-order valence-corrected chi connectivity index (χ1v) is 8.87. The maximum absolute atomic E-state index is 11.6. The monoisotopic (exact) mass is 351 g/mol. The van der Waals surface area contributed by atoms with Crippen molar-refractivity contribution in [1.82, 2.24) is 5.32 Å². The molecule has 26 heavy (non-hydrogen) atoms. The van der Waals surface area contributed by atoms with E-state index >= 15 is 0 Å². The number of ether oxygens (including phenoxy) is 1. The smallest absolute Gasteiger partial charge is 0.450 e. The maximum atomic E-state index is 11.6. The van der Waals surface area contributed by atoms with Crippen LogP contribution >= 0.6 is 0 Å². The van der Waals surface area contributed by atoms with Crippen LogP contribution in [0.1, 0.15) is 36.8 Å². The van der Waals surface area contributed by atoms with Crippen molar-refractivity contribution in [3.63, 3.8) is 0 Å². The van der Waals surface area contributed by atoms with Crippen LogP contribution in [0.5, 0.6) is 0 Å². The minimum absolute atomic E-state index is 0.00569. The Morgan fingerprint density at radius 2 is 1.69 bits per heavy atom. The van der Waals surface area contributed by atoms with Gasteiger partial charge in [0.05, 0.1) is 5.92 Å². The molecule has 2 aromatic carbocycles. The molecule has 2 aliphatic rings. The quantitative estimate of drug-likeness (QED) is 0.825. The van der Waals surface area contributed by atoms with Gasteiger partial charge in [0.25, 0.3) is 0 Å². The Morgan fingerprint density at radius 3 is 2.19 bits per heavy atom. The predicted molar refractivity (Wildman–Crippen MR) is 97.0 cm³/mol. The molecule has 1 fully saturated rings. The number of benzene rings is 2. The van der Waals surface area contributed by atoms with Crippen LogP contribution in [0, 0.1) is 5.92 Å². The van der Waals surface area contributed by atoms with Crippen molar-refractivity contribution in [3.8, 4) is 11.1 Å². The van der Waals surface area contributed by atoms with Crippen LogP contribution < -0.4 is 5.32 Å². The van der Waals surface area contributed by atoms with Crippen LogP contribution in [-0.2, 0) is 9.53 Å². The zero-order valence-corrected chi connectivity index (χ0v) is 14.6. The van der Waals surface area contributed by atoms with E-state index in [4.69, 9.17) is 4.74 Å². The highest BCUT2D eigenvalue weighted by molar-refractivity contribution is 5.80. The first-order chi connectivity index (χ1) is 12.5. The fraction of sp³-hybridized carbons (Fsp3) is 0.333. The summed E-state index contributed by atoms with van der Waals surface area (Å²) in [6, 6.07) is 16.2. The number of piperidine rings is 1. The first-order valence-electron chi connectivity index (χ1n) is 8.87. The van der Waals surface area contributed by atoms with E-state index in [9.17, 15) is 14.7 Å². The second-order valence-electron chi connectivity index (χ2n) is 7.20. The van der Waals surface area contributed by atoms with Gasteiger partial charge in [-0.05, 0) is 35.6 Å². The normalized spacial score (nSPS) is 21.3. The molecule has 1 heterocycles. The summed E-state index contributed by atoms with van der Waals surface area (Å²) in [5.74, 6) is -0.294. The van der Waals surface area contributed by atoms with E-state index in [1.165, 1.54) is 0 Å². The molecule has 1 aliphatic heterocycles. The third-order valence-electron chi connectivity index (χ3n) is 5.79. The van der Waals surface area contributed by atoms with E-state index in [1.807, 2.05) is 43.3 Å². The van der Waals surface area contributed by atoms with Crippen LogP contribution in [0.25, 0.3) is 11.1 Å². The van der Waals surface area contributed by atoms with Gasteiger partial charge in [-0.2, -0.15) is 0 Å². The summed E-state index contributed by atoms with van der Waals surface area (Å²) in [6.07, 6.45) is -0.290. The standard InChI is InChI=1S/C21H21NO4/c1-21(26-20(24)25,13-10-11-18(23)22-12-13)19-16-8-4-2-6-14(16)15-7-3-5-9-17(15)19/h2-9,13,19H,10-12H2,1H3,(H,22,23)(H,24,25). The van der Waals surface area contributed by atoms with Gasteiger partial charge < -0.3 is 15.2 Å². The number of hydrogen-bond acceptors (Lipinski definition) is 3. The summed E-state index contributed by atoms with van der Waals surface area (Å²) >= 11 is 0. The molecule has 0 radical (unpaired) electrons. The van der Waals surface area contributed by atoms with E-state index in [-0.39, 0.29) is 17.7 Å². The molecule has 134 valence electrons. The Hall–Kier alpha value is -2.82. The fourth-order valence-electron chi connectivity index (χ4n) is 4.56. The SMILES string of the molecule is CC(OC(=O)O)(C1CCC(=O)NC1)C1c2ccccc2-c2ccccc21. The second-order valence-corrected chi connectivity index (χ2v) is 7.20. The summed E-state index contributed by atoms with van der Waals surface area (Å²) in [7, 11) is 0. The number of amides is 1. The molecular formula is C21H21NO4. The molecule has 2 N–H and O–H groups in total. The minimum atomic E-state index is -1.29. The van der Waals surface area contributed by atoms with Gasteiger partial charge in [0.15, 0.2) is 0 Å². The number of fused-ring (bicyclic) bond motifs is 3. The van der Waals surface area contributed by atoms with Crippen LogP contribution in [0.2, 0.25) is 0 Å². The lowest BCUT2D eigenvalue weighted by molar-refractivity contribution is -0.125. The van der Waals surface area contributed by atoms with Crippen molar-refractivity contribution in [2.45, 2.75) is 31.3 Å². The van der Waals surface area contributed by atoms with Gasteiger partial charge in [-0.1, -0.05) is 48.5 Å². The molecule has 0 saturated carbocycles. The number of carboxylic acid groups (broad SMARTS) is 1. The lowest BCUT2D eigenvalue weighted by atomic mass is 9.71. The summed E-state index contributed by atoms with van der Waals surface area (Å²) in [5.41, 5.74) is 3.42.